The molecule has 0 amide bonds. The van der Waals surface area contributed by atoms with Gasteiger partial charge < -0.3 is 10.5 Å². The fourth-order valence-corrected chi connectivity index (χ4v) is 2.89. The highest BCUT2D eigenvalue weighted by molar-refractivity contribution is 14.1. The number of nitrogens with zero attached hydrogens (tertiary/aromatic N) is 2. The average molecular weight is 347 g/mol. The molecule has 2 N–H and O–H groups in total. The molecule has 0 spiro atoms. The Balaban J connectivity index is 2.34. The zero-order valence-electron chi connectivity index (χ0n) is 10.2. The predicted molar refractivity (Wildman–Crippen MR) is 76.0 cm³/mol. The van der Waals surface area contributed by atoms with Crippen LogP contribution in [0.15, 0.2) is 0 Å². The summed E-state index contributed by atoms with van der Waals surface area (Å²) in [5.74, 6) is 2.30. The lowest BCUT2D eigenvalue weighted by atomic mass is 9.99. The summed E-state index contributed by atoms with van der Waals surface area (Å²) in [6, 6.07) is 0. The third-order valence-electron chi connectivity index (χ3n) is 3.05. The summed E-state index contributed by atoms with van der Waals surface area (Å²) >= 11 is 2.23. The number of aromatic nitrogens is 2. The standard InChI is InChI=1S/C12H18IN3O/c1-7(2)10-9(13)11(14)16-12(15-10)8-3-5-17-6-4-8/h7-8H,3-6H2,1-2H3,(H2,14,15,16). The second kappa shape index (κ2) is 5.48. The van der Waals surface area contributed by atoms with E-state index in [9.17, 15) is 0 Å². The molecule has 0 radical (unpaired) electrons. The minimum atomic E-state index is 0.380. The summed E-state index contributed by atoms with van der Waals surface area (Å²) in [7, 11) is 0. The quantitative estimate of drug-likeness (QED) is 0.836. The van der Waals surface area contributed by atoms with Crippen molar-refractivity contribution in [3.63, 3.8) is 0 Å². The van der Waals surface area contributed by atoms with E-state index in [4.69, 9.17) is 15.5 Å². The summed E-state index contributed by atoms with van der Waals surface area (Å²) in [5.41, 5.74) is 7.05. The van der Waals surface area contributed by atoms with Crippen LogP contribution in [0, 0.1) is 3.57 Å². The molecular weight excluding hydrogens is 329 g/mol. The monoisotopic (exact) mass is 347 g/mol. The Morgan fingerprint density at radius 3 is 2.53 bits per heavy atom. The van der Waals surface area contributed by atoms with Gasteiger partial charge in [0.15, 0.2) is 0 Å². The second-order valence-corrected chi connectivity index (χ2v) is 5.79. The third kappa shape index (κ3) is 2.88. The van der Waals surface area contributed by atoms with Gasteiger partial charge in [-0.25, -0.2) is 9.97 Å². The molecule has 1 aromatic rings. The fraction of sp³-hybridized carbons (Fsp3) is 0.667. The van der Waals surface area contributed by atoms with Gasteiger partial charge in [-0.3, -0.25) is 0 Å². The predicted octanol–water partition coefficient (Wildman–Crippen LogP) is 2.68. The molecule has 0 aliphatic carbocycles. The maximum Gasteiger partial charge on any atom is 0.140 e. The van der Waals surface area contributed by atoms with Crippen molar-refractivity contribution < 1.29 is 4.74 Å². The van der Waals surface area contributed by atoms with E-state index in [0.717, 1.165) is 41.1 Å². The summed E-state index contributed by atoms with van der Waals surface area (Å²) in [6.07, 6.45) is 2.00. The lowest BCUT2D eigenvalue weighted by Gasteiger charge is -2.22. The van der Waals surface area contributed by atoms with Gasteiger partial charge in [-0.1, -0.05) is 13.8 Å². The zero-order valence-corrected chi connectivity index (χ0v) is 12.4. The molecular formula is C12H18IN3O. The van der Waals surface area contributed by atoms with E-state index >= 15 is 0 Å². The lowest BCUT2D eigenvalue weighted by molar-refractivity contribution is 0.0835. The minimum Gasteiger partial charge on any atom is -0.383 e. The topological polar surface area (TPSA) is 61.0 Å². The smallest absolute Gasteiger partial charge is 0.140 e. The Hall–Kier alpha value is -0.430. The number of nitrogen functional groups attached to an aromatic ring is 1. The molecule has 0 saturated carbocycles. The number of ether oxygens (including phenoxy) is 1. The van der Waals surface area contributed by atoms with Gasteiger partial charge >= 0.3 is 0 Å². The van der Waals surface area contributed by atoms with Crippen molar-refractivity contribution in [1.82, 2.24) is 9.97 Å². The Morgan fingerprint density at radius 2 is 1.94 bits per heavy atom. The van der Waals surface area contributed by atoms with E-state index in [1.807, 2.05) is 0 Å². The Labute approximate surface area is 115 Å². The summed E-state index contributed by atoms with van der Waals surface area (Å²) in [5, 5.41) is 0. The van der Waals surface area contributed by atoms with Gasteiger partial charge in [-0.05, 0) is 41.4 Å². The van der Waals surface area contributed by atoms with Crippen LogP contribution in [0.2, 0.25) is 0 Å². The van der Waals surface area contributed by atoms with E-state index in [1.54, 1.807) is 0 Å². The van der Waals surface area contributed by atoms with Crippen LogP contribution in [0.4, 0.5) is 5.82 Å². The number of rotatable bonds is 2. The molecule has 4 nitrogen and oxygen atoms in total. The Bertz CT molecular complexity index is 403. The molecule has 1 aliphatic rings. The van der Waals surface area contributed by atoms with Gasteiger partial charge in [0.25, 0.3) is 0 Å². The number of hydrogen-bond acceptors (Lipinski definition) is 4. The van der Waals surface area contributed by atoms with Crippen molar-refractivity contribution in [3.05, 3.63) is 15.1 Å². The Morgan fingerprint density at radius 1 is 1.29 bits per heavy atom. The molecule has 0 aromatic carbocycles. The van der Waals surface area contributed by atoms with Crippen LogP contribution in [0.25, 0.3) is 0 Å². The number of hydrogen-bond donors (Lipinski definition) is 1. The first-order valence-corrected chi connectivity index (χ1v) is 7.08. The van der Waals surface area contributed by atoms with Crippen molar-refractivity contribution in [2.45, 2.75) is 38.5 Å². The first kappa shape index (κ1) is 13.0. The first-order valence-electron chi connectivity index (χ1n) is 6.00. The van der Waals surface area contributed by atoms with Crippen LogP contribution in [-0.4, -0.2) is 23.2 Å². The van der Waals surface area contributed by atoms with Crippen LogP contribution < -0.4 is 5.73 Å². The lowest BCUT2D eigenvalue weighted by Crippen LogP contribution is -2.18. The molecule has 2 heterocycles. The van der Waals surface area contributed by atoms with Crippen LogP contribution in [-0.2, 0) is 4.74 Å². The molecule has 2 rings (SSSR count). The molecule has 94 valence electrons. The van der Waals surface area contributed by atoms with E-state index in [2.05, 4.69) is 41.4 Å². The average Bonchev–Trinajstić information content (AvgIpc) is 2.33. The highest BCUT2D eigenvalue weighted by Crippen LogP contribution is 2.29. The van der Waals surface area contributed by atoms with Crippen LogP contribution in [0.1, 0.15) is 50.0 Å². The molecule has 1 aromatic heterocycles. The zero-order chi connectivity index (χ0) is 12.4. The van der Waals surface area contributed by atoms with Crippen molar-refractivity contribution in [1.29, 1.82) is 0 Å². The van der Waals surface area contributed by atoms with Gasteiger partial charge in [-0.2, -0.15) is 0 Å². The van der Waals surface area contributed by atoms with E-state index in [0.29, 0.717) is 17.7 Å². The van der Waals surface area contributed by atoms with E-state index in [-0.39, 0.29) is 0 Å². The van der Waals surface area contributed by atoms with Crippen LogP contribution >= 0.6 is 22.6 Å². The molecule has 1 fully saturated rings. The second-order valence-electron chi connectivity index (χ2n) is 4.71. The van der Waals surface area contributed by atoms with Gasteiger partial charge in [0.05, 0.1) is 9.26 Å². The third-order valence-corrected chi connectivity index (χ3v) is 4.16. The van der Waals surface area contributed by atoms with Crippen molar-refractivity contribution in [3.8, 4) is 0 Å². The van der Waals surface area contributed by atoms with Gasteiger partial charge in [0, 0.05) is 19.1 Å². The maximum absolute atomic E-state index is 5.98. The number of anilines is 1. The van der Waals surface area contributed by atoms with Gasteiger partial charge in [0.2, 0.25) is 0 Å². The number of halogens is 1. The molecule has 17 heavy (non-hydrogen) atoms. The maximum atomic E-state index is 5.98. The Kier molecular flexibility index (Phi) is 4.19. The molecule has 1 aliphatic heterocycles. The highest BCUT2D eigenvalue weighted by atomic mass is 127. The van der Waals surface area contributed by atoms with Crippen molar-refractivity contribution in [2.75, 3.05) is 18.9 Å². The van der Waals surface area contributed by atoms with E-state index < -0.39 is 0 Å². The highest BCUT2D eigenvalue weighted by Gasteiger charge is 2.21. The molecule has 5 heteroatoms. The molecule has 1 saturated heterocycles. The van der Waals surface area contributed by atoms with Crippen LogP contribution in [0.3, 0.4) is 0 Å². The van der Waals surface area contributed by atoms with Crippen molar-refractivity contribution >= 4 is 28.4 Å². The summed E-state index contributed by atoms with van der Waals surface area (Å²) in [4.78, 5) is 9.15. The minimum absolute atomic E-state index is 0.380. The summed E-state index contributed by atoms with van der Waals surface area (Å²) < 4.78 is 6.36. The van der Waals surface area contributed by atoms with Gasteiger partial charge in [-0.15, -0.1) is 0 Å². The first-order chi connectivity index (χ1) is 8.09. The molecule has 0 atom stereocenters. The molecule has 0 unspecified atom stereocenters. The largest absolute Gasteiger partial charge is 0.383 e. The summed E-state index contributed by atoms with van der Waals surface area (Å²) in [6.45, 7) is 5.88. The number of nitrogens with two attached hydrogens (primary N) is 1. The van der Waals surface area contributed by atoms with Crippen LogP contribution in [0.5, 0.6) is 0 Å². The van der Waals surface area contributed by atoms with Gasteiger partial charge in [0.1, 0.15) is 11.6 Å². The van der Waals surface area contributed by atoms with E-state index in [1.165, 1.54) is 0 Å². The SMILES string of the molecule is CC(C)c1nc(C2CCOCC2)nc(N)c1I. The molecule has 0 bridgehead atoms. The normalized spacial score (nSPS) is 17.6. The van der Waals surface area contributed by atoms with Crippen molar-refractivity contribution in [2.24, 2.45) is 0 Å². The fourth-order valence-electron chi connectivity index (χ4n) is 2.02.